The molecule has 0 atom stereocenters. The summed E-state index contributed by atoms with van der Waals surface area (Å²) in [5.41, 5.74) is 7.63. The topological polar surface area (TPSA) is 81.2 Å². The number of ether oxygens (including phenoxy) is 1. The standard InChI is InChI=1S/C29H30FN3O4/c1-20(23-14-10-15-25(18-23)37-27(30)17-22-11-6-5-7-12-22)21(2)32-36-19-24-13-8-9-16-26(24)28(33-35-4)29(34)31-3/h5-18,32H,19H2,1-4H3,(H,31,34)/b21-20+,27-17-,33-28+. The molecule has 37 heavy (non-hydrogen) atoms. The third-order valence-electron chi connectivity index (χ3n) is 5.47. The van der Waals surface area contributed by atoms with Crippen molar-refractivity contribution in [2.75, 3.05) is 14.2 Å². The number of oxime groups is 1. The Bertz CT molecular complexity index is 1300. The van der Waals surface area contributed by atoms with E-state index in [1.54, 1.807) is 36.4 Å². The van der Waals surface area contributed by atoms with Crippen molar-refractivity contribution >= 4 is 23.3 Å². The van der Waals surface area contributed by atoms with Crippen molar-refractivity contribution in [2.45, 2.75) is 20.5 Å². The van der Waals surface area contributed by atoms with E-state index in [0.29, 0.717) is 16.9 Å². The Morgan fingerprint density at radius 2 is 1.73 bits per heavy atom. The molecular weight excluding hydrogens is 473 g/mol. The zero-order valence-electron chi connectivity index (χ0n) is 21.2. The van der Waals surface area contributed by atoms with E-state index >= 15 is 0 Å². The van der Waals surface area contributed by atoms with E-state index in [-0.39, 0.29) is 18.2 Å². The number of carbonyl (C=O) groups excluding carboxylic acids is 1. The van der Waals surface area contributed by atoms with Gasteiger partial charge in [-0.15, -0.1) is 0 Å². The summed E-state index contributed by atoms with van der Waals surface area (Å²) < 4.78 is 19.7. The molecule has 3 aromatic carbocycles. The monoisotopic (exact) mass is 503 g/mol. The van der Waals surface area contributed by atoms with Gasteiger partial charge in [-0.2, -0.15) is 4.39 Å². The Morgan fingerprint density at radius 3 is 2.46 bits per heavy atom. The van der Waals surface area contributed by atoms with Crippen LogP contribution >= 0.6 is 0 Å². The lowest BCUT2D eigenvalue weighted by atomic mass is 10.0. The van der Waals surface area contributed by atoms with Crippen molar-refractivity contribution in [1.29, 1.82) is 0 Å². The van der Waals surface area contributed by atoms with Crippen molar-refractivity contribution in [3.05, 3.63) is 113 Å². The number of hydroxylamine groups is 1. The van der Waals surface area contributed by atoms with Crippen LogP contribution in [0, 0.1) is 0 Å². The van der Waals surface area contributed by atoms with E-state index in [2.05, 4.69) is 16.0 Å². The van der Waals surface area contributed by atoms with Gasteiger partial charge in [0.2, 0.25) is 0 Å². The van der Waals surface area contributed by atoms with Gasteiger partial charge in [0.1, 0.15) is 19.5 Å². The smallest absolute Gasteiger partial charge is 0.278 e. The summed E-state index contributed by atoms with van der Waals surface area (Å²) in [4.78, 5) is 22.8. The van der Waals surface area contributed by atoms with E-state index in [1.807, 2.05) is 56.3 Å². The van der Waals surface area contributed by atoms with Gasteiger partial charge >= 0.3 is 0 Å². The van der Waals surface area contributed by atoms with E-state index in [0.717, 1.165) is 22.4 Å². The van der Waals surface area contributed by atoms with Gasteiger partial charge in [-0.1, -0.05) is 71.9 Å². The van der Waals surface area contributed by atoms with Crippen molar-refractivity contribution < 1.29 is 23.6 Å². The third kappa shape index (κ3) is 7.78. The van der Waals surface area contributed by atoms with Crippen LogP contribution in [0.3, 0.4) is 0 Å². The molecule has 0 aliphatic carbocycles. The maximum atomic E-state index is 14.4. The Morgan fingerprint density at radius 1 is 1.00 bits per heavy atom. The number of halogens is 1. The first-order chi connectivity index (χ1) is 17.9. The minimum atomic E-state index is -0.699. The van der Waals surface area contributed by atoms with E-state index in [9.17, 15) is 9.18 Å². The van der Waals surface area contributed by atoms with Gasteiger partial charge < -0.3 is 14.9 Å². The lowest BCUT2D eigenvalue weighted by Gasteiger charge is -2.14. The van der Waals surface area contributed by atoms with Crippen LogP contribution in [0.2, 0.25) is 0 Å². The number of rotatable bonds is 11. The molecular formula is C29H30FN3O4. The lowest BCUT2D eigenvalue weighted by Crippen LogP contribution is -2.29. The van der Waals surface area contributed by atoms with Crippen LogP contribution in [0.25, 0.3) is 11.6 Å². The zero-order chi connectivity index (χ0) is 26.6. The fourth-order valence-corrected chi connectivity index (χ4v) is 3.43. The zero-order valence-corrected chi connectivity index (χ0v) is 21.2. The van der Waals surface area contributed by atoms with E-state index in [4.69, 9.17) is 14.4 Å². The molecule has 0 aliphatic rings. The van der Waals surface area contributed by atoms with Crippen molar-refractivity contribution in [2.24, 2.45) is 5.16 Å². The highest BCUT2D eigenvalue weighted by Crippen LogP contribution is 2.24. The molecule has 0 saturated carbocycles. The second kappa shape index (κ2) is 13.6. The molecule has 0 aromatic heterocycles. The first-order valence-electron chi connectivity index (χ1n) is 11.6. The summed E-state index contributed by atoms with van der Waals surface area (Å²) in [5, 5.41) is 6.43. The number of likely N-dealkylation sites (N-methyl/N-ethyl adjacent to an activating group) is 1. The lowest BCUT2D eigenvalue weighted by molar-refractivity contribution is -0.114. The molecule has 0 spiro atoms. The molecule has 3 rings (SSSR count). The number of carbonyl (C=O) groups is 1. The number of nitrogens with zero attached hydrogens (tertiary/aromatic N) is 1. The Hall–Kier alpha value is -4.43. The van der Waals surface area contributed by atoms with Gasteiger partial charge in [0.15, 0.2) is 5.71 Å². The maximum absolute atomic E-state index is 14.4. The number of hydrogen-bond donors (Lipinski definition) is 2. The predicted octanol–water partition coefficient (Wildman–Crippen LogP) is 5.60. The highest BCUT2D eigenvalue weighted by molar-refractivity contribution is 6.45. The second-order valence-corrected chi connectivity index (χ2v) is 7.99. The number of benzene rings is 3. The van der Waals surface area contributed by atoms with Crippen LogP contribution in [-0.2, 0) is 21.1 Å². The molecule has 192 valence electrons. The summed E-state index contributed by atoms with van der Waals surface area (Å²) in [7, 11) is 2.91. The van der Waals surface area contributed by atoms with Crippen LogP contribution in [0.1, 0.15) is 36.1 Å². The largest absolute Gasteiger partial charge is 0.432 e. The number of amides is 1. The normalized spacial score (nSPS) is 12.5. The van der Waals surface area contributed by atoms with E-state index in [1.165, 1.54) is 20.2 Å². The average Bonchev–Trinajstić information content (AvgIpc) is 2.92. The molecule has 7 nitrogen and oxygen atoms in total. The Balaban J connectivity index is 1.69. The fourth-order valence-electron chi connectivity index (χ4n) is 3.43. The molecule has 1 amide bonds. The summed E-state index contributed by atoms with van der Waals surface area (Å²) >= 11 is 0. The molecule has 0 fully saturated rings. The van der Waals surface area contributed by atoms with Crippen LogP contribution in [-0.4, -0.2) is 25.8 Å². The first kappa shape index (κ1) is 27.2. The molecule has 0 saturated heterocycles. The molecule has 0 aliphatic heterocycles. The molecule has 2 N–H and O–H groups in total. The van der Waals surface area contributed by atoms with Crippen LogP contribution < -0.4 is 15.5 Å². The van der Waals surface area contributed by atoms with Gasteiger partial charge in [0.05, 0.1) is 0 Å². The molecule has 0 bridgehead atoms. The van der Waals surface area contributed by atoms with Crippen LogP contribution in [0.15, 0.2) is 95.7 Å². The van der Waals surface area contributed by atoms with Crippen LogP contribution in [0.4, 0.5) is 4.39 Å². The summed E-state index contributed by atoms with van der Waals surface area (Å²) in [6.07, 6.45) is 1.33. The third-order valence-corrected chi connectivity index (χ3v) is 5.47. The Kier molecular flexibility index (Phi) is 9.99. The quantitative estimate of drug-likeness (QED) is 0.202. The number of nitrogens with one attached hydrogen (secondary N) is 2. The SMILES string of the molecule is CNC(=O)/C(=N/OC)c1ccccc1CON/C(C)=C(\C)c1cccc(O/C(F)=C\c2ccccc2)c1. The van der Waals surface area contributed by atoms with Gasteiger partial charge in [0.25, 0.3) is 11.9 Å². The van der Waals surface area contributed by atoms with Crippen LogP contribution in [0.5, 0.6) is 5.75 Å². The summed E-state index contributed by atoms with van der Waals surface area (Å²) in [6.45, 7) is 3.95. The highest BCUT2D eigenvalue weighted by atomic mass is 19.1. The van der Waals surface area contributed by atoms with E-state index < -0.39 is 6.01 Å². The average molecular weight is 504 g/mol. The molecule has 0 heterocycles. The second-order valence-electron chi connectivity index (χ2n) is 7.99. The van der Waals surface area contributed by atoms with Gasteiger partial charge in [0, 0.05) is 24.4 Å². The fraction of sp³-hybridized carbons (Fsp3) is 0.172. The number of hydrogen-bond acceptors (Lipinski definition) is 6. The number of allylic oxidation sites excluding steroid dienone is 2. The van der Waals surface area contributed by atoms with Crippen molar-refractivity contribution in [3.8, 4) is 5.75 Å². The van der Waals surface area contributed by atoms with Gasteiger partial charge in [-0.25, -0.2) is 0 Å². The van der Waals surface area contributed by atoms with Crippen molar-refractivity contribution in [1.82, 2.24) is 10.8 Å². The predicted molar refractivity (Wildman–Crippen MR) is 143 cm³/mol. The molecule has 3 aromatic rings. The van der Waals surface area contributed by atoms with Crippen molar-refractivity contribution in [3.63, 3.8) is 0 Å². The summed E-state index contributed by atoms with van der Waals surface area (Å²) in [6, 6.07) is 22.8. The molecule has 8 heteroatoms. The maximum Gasteiger partial charge on any atom is 0.278 e. The summed E-state index contributed by atoms with van der Waals surface area (Å²) in [5.74, 6) is 0.00895. The molecule has 0 unspecified atom stereocenters. The minimum Gasteiger partial charge on any atom is -0.432 e. The minimum absolute atomic E-state index is 0.151. The van der Waals surface area contributed by atoms with Gasteiger partial charge in [-0.3, -0.25) is 15.1 Å². The highest BCUT2D eigenvalue weighted by Gasteiger charge is 2.17. The van der Waals surface area contributed by atoms with Gasteiger partial charge in [-0.05, 0) is 48.2 Å². The first-order valence-corrected chi connectivity index (χ1v) is 11.6. The molecule has 0 radical (unpaired) electrons. The Labute approximate surface area is 216 Å².